The van der Waals surface area contributed by atoms with Gasteiger partial charge < -0.3 is 20.3 Å². The monoisotopic (exact) mass is 374 g/mol. The predicted molar refractivity (Wildman–Crippen MR) is 102 cm³/mol. The minimum atomic E-state index is -0.170. The van der Waals surface area contributed by atoms with Gasteiger partial charge in [-0.1, -0.05) is 12.1 Å². The van der Waals surface area contributed by atoms with E-state index in [1.165, 1.54) is 11.3 Å². The summed E-state index contributed by atoms with van der Waals surface area (Å²) in [5, 5.41) is 8.16. The summed E-state index contributed by atoms with van der Waals surface area (Å²) in [6.45, 7) is 3.52. The lowest BCUT2D eigenvalue weighted by Gasteiger charge is -2.31. The third-order valence-electron chi connectivity index (χ3n) is 4.24. The second-order valence-corrected chi connectivity index (χ2v) is 6.84. The molecule has 8 heteroatoms. The number of aromatic nitrogens is 1. The van der Waals surface area contributed by atoms with Crippen molar-refractivity contribution in [3.05, 3.63) is 35.8 Å². The number of thiazole rings is 1. The molecule has 1 aliphatic rings. The molecule has 3 amide bonds. The van der Waals surface area contributed by atoms with Crippen molar-refractivity contribution in [3.8, 4) is 5.75 Å². The Bertz CT molecular complexity index is 743. The molecule has 26 heavy (non-hydrogen) atoms. The Kier molecular flexibility index (Phi) is 6.06. The van der Waals surface area contributed by atoms with Crippen LogP contribution >= 0.6 is 11.3 Å². The summed E-state index contributed by atoms with van der Waals surface area (Å²) in [5.74, 6) is 0.529. The number of rotatable bonds is 5. The fourth-order valence-electron chi connectivity index (χ4n) is 2.88. The van der Waals surface area contributed by atoms with Crippen molar-refractivity contribution >= 4 is 34.1 Å². The largest absolute Gasteiger partial charge is 0.492 e. The molecule has 138 valence electrons. The lowest BCUT2D eigenvalue weighted by atomic mass is 9.96. The summed E-state index contributed by atoms with van der Waals surface area (Å²) in [6.07, 6.45) is 2.93. The first-order chi connectivity index (χ1) is 12.7. The number of para-hydroxylation sites is 2. The molecule has 2 heterocycles. The van der Waals surface area contributed by atoms with Crippen LogP contribution in [-0.4, -0.2) is 41.5 Å². The topological polar surface area (TPSA) is 83.6 Å². The minimum absolute atomic E-state index is 0.0262. The number of hydrogen-bond acceptors (Lipinski definition) is 5. The number of nitrogens with zero attached hydrogens (tertiary/aromatic N) is 2. The lowest BCUT2D eigenvalue weighted by Crippen LogP contribution is -2.43. The number of piperidine rings is 1. The molecule has 7 nitrogen and oxygen atoms in total. The van der Waals surface area contributed by atoms with E-state index in [4.69, 9.17) is 4.74 Å². The maximum atomic E-state index is 12.5. The van der Waals surface area contributed by atoms with Gasteiger partial charge >= 0.3 is 6.03 Å². The molecule has 2 N–H and O–H groups in total. The smallest absolute Gasteiger partial charge is 0.321 e. The average molecular weight is 374 g/mol. The van der Waals surface area contributed by atoms with Crippen LogP contribution in [0, 0.1) is 5.92 Å². The number of anilines is 2. The zero-order valence-electron chi connectivity index (χ0n) is 14.6. The van der Waals surface area contributed by atoms with Crippen LogP contribution in [0.1, 0.15) is 19.8 Å². The Hall–Kier alpha value is -2.61. The molecule has 0 spiro atoms. The minimum Gasteiger partial charge on any atom is -0.492 e. The van der Waals surface area contributed by atoms with Crippen LogP contribution in [0.4, 0.5) is 15.6 Å². The van der Waals surface area contributed by atoms with Crippen molar-refractivity contribution in [2.75, 3.05) is 30.3 Å². The molecule has 2 aromatic rings. The number of carbonyl (C=O) groups excluding carboxylic acids is 2. The maximum Gasteiger partial charge on any atom is 0.321 e. The van der Waals surface area contributed by atoms with Crippen LogP contribution in [0.15, 0.2) is 35.8 Å². The number of carbonyl (C=O) groups is 2. The van der Waals surface area contributed by atoms with Crippen LogP contribution in [0.25, 0.3) is 0 Å². The van der Waals surface area contributed by atoms with Gasteiger partial charge in [0, 0.05) is 30.6 Å². The fraction of sp³-hybridized carbons (Fsp3) is 0.389. The molecule has 0 atom stereocenters. The van der Waals surface area contributed by atoms with Crippen molar-refractivity contribution in [1.82, 2.24) is 9.88 Å². The highest BCUT2D eigenvalue weighted by atomic mass is 32.1. The number of benzene rings is 1. The van der Waals surface area contributed by atoms with E-state index in [1.807, 2.05) is 36.6 Å². The molecule has 0 radical (unpaired) electrons. The van der Waals surface area contributed by atoms with Crippen molar-refractivity contribution in [1.29, 1.82) is 0 Å². The van der Waals surface area contributed by atoms with Gasteiger partial charge in [0.1, 0.15) is 5.75 Å². The number of ether oxygens (including phenoxy) is 1. The van der Waals surface area contributed by atoms with Gasteiger partial charge in [-0.2, -0.15) is 0 Å². The van der Waals surface area contributed by atoms with Crippen molar-refractivity contribution in [2.45, 2.75) is 19.8 Å². The third kappa shape index (κ3) is 4.51. The van der Waals surface area contributed by atoms with E-state index < -0.39 is 0 Å². The quantitative estimate of drug-likeness (QED) is 0.840. The highest BCUT2D eigenvalue weighted by molar-refractivity contribution is 7.13. The molecule has 0 saturated carbocycles. The van der Waals surface area contributed by atoms with Gasteiger partial charge in [0.25, 0.3) is 0 Å². The third-order valence-corrected chi connectivity index (χ3v) is 4.93. The SMILES string of the molecule is CCOc1ccccc1NC(=O)N1CCC(C(=O)Nc2nccs2)CC1. The maximum absolute atomic E-state index is 12.5. The number of urea groups is 1. The number of hydrogen-bond donors (Lipinski definition) is 2. The summed E-state index contributed by atoms with van der Waals surface area (Å²) in [6, 6.07) is 7.20. The molecular weight excluding hydrogens is 352 g/mol. The molecule has 1 aromatic heterocycles. The second-order valence-electron chi connectivity index (χ2n) is 5.95. The van der Waals surface area contributed by atoms with Gasteiger partial charge in [0.15, 0.2) is 5.13 Å². The first-order valence-electron chi connectivity index (χ1n) is 8.65. The molecule has 1 fully saturated rings. The highest BCUT2D eigenvalue weighted by Crippen LogP contribution is 2.25. The lowest BCUT2D eigenvalue weighted by molar-refractivity contribution is -0.121. The number of likely N-dealkylation sites (tertiary alicyclic amines) is 1. The Morgan fingerprint density at radius 2 is 2.04 bits per heavy atom. The van der Waals surface area contributed by atoms with E-state index in [0.29, 0.717) is 49.1 Å². The summed E-state index contributed by atoms with van der Waals surface area (Å²) >= 11 is 1.40. The summed E-state index contributed by atoms with van der Waals surface area (Å²) < 4.78 is 5.53. The molecule has 0 bridgehead atoms. The van der Waals surface area contributed by atoms with Crippen LogP contribution in [0.2, 0.25) is 0 Å². The van der Waals surface area contributed by atoms with Crippen LogP contribution in [0.3, 0.4) is 0 Å². The van der Waals surface area contributed by atoms with E-state index in [-0.39, 0.29) is 17.9 Å². The molecule has 0 unspecified atom stereocenters. The van der Waals surface area contributed by atoms with E-state index >= 15 is 0 Å². The van der Waals surface area contributed by atoms with E-state index in [9.17, 15) is 9.59 Å². The van der Waals surface area contributed by atoms with Crippen LogP contribution in [0.5, 0.6) is 5.75 Å². The first kappa shape index (κ1) is 18.2. The van der Waals surface area contributed by atoms with Gasteiger partial charge in [-0.15, -0.1) is 11.3 Å². The molecular formula is C18H22N4O3S. The van der Waals surface area contributed by atoms with Crippen molar-refractivity contribution < 1.29 is 14.3 Å². The zero-order chi connectivity index (χ0) is 18.4. The fourth-order valence-corrected chi connectivity index (χ4v) is 3.41. The van der Waals surface area contributed by atoms with Crippen molar-refractivity contribution in [2.24, 2.45) is 5.92 Å². The normalized spacial score (nSPS) is 14.7. The Labute approximate surface area is 156 Å². The van der Waals surface area contributed by atoms with Gasteiger partial charge in [0.2, 0.25) is 5.91 Å². The van der Waals surface area contributed by atoms with E-state index in [1.54, 1.807) is 11.1 Å². The first-order valence-corrected chi connectivity index (χ1v) is 9.53. The van der Waals surface area contributed by atoms with Gasteiger partial charge in [0.05, 0.1) is 12.3 Å². The summed E-state index contributed by atoms with van der Waals surface area (Å²) in [7, 11) is 0. The zero-order valence-corrected chi connectivity index (χ0v) is 15.4. The molecule has 1 aromatic carbocycles. The Morgan fingerprint density at radius 3 is 2.73 bits per heavy atom. The van der Waals surface area contributed by atoms with Crippen LogP contribution in [-0.2, 0) is 4.79 Å². The second kappa shape index (κ2) is 8.66. The summed E-state index contributed by atoms with van der Waals surface area (Å²) in [4.78, 5) is 30.6. The summed E-state index contributed by atoms with van der Waals surface area (Å²) in [5.41, 5.74) is 0.656. The number of amides is 3. The van der Waals surface area contributed by atoms with E-state index in [2.05, 4.69) is 15.6 Å². The molecule has 0 aliphatic carbocycles. The standard InChI is InChI=1S/C18H22N4O3S/c1-2-25-15-6-4-3-5-14(15)20-18(24)22-10-7-13(8-11-22)16(23)21-17-19-9-12-26-17/h3-6,9,12-13H,2,7-8,10-11H2,1H3,(H,20,24)(H,19,21,23). The van der Waals surface area contributed by atoms with Gasteiger partial charge in [-0.25, -0.2) is 9.78 Å². The average Bonchev–Trinajstić information content (AvgIpc) is 3.16. The Balaban J connectivity index is 1.51. The molecule has 1 aliphatic heterocycles. The number of nitrogens with one attached hydrogen (secondary N) is 2. The van der Waals surface area contributed by atoms with Gasteiger partial charge in [-0.05, 0) is 31.9 Å². The predicted octanol–water partition coefficient (Wildman–Crippen LogP) is 3.42. The van der Waals surface area contributed by atoms with Crippen LogP contribution < -0.4 is 15.4 Å². The molecule has 1 saturated heterocycles. The highest BCUT2D eigenvalue weighted by Gasteiger charge is 2.28. The van der Waals surface area contributed by atoms with Gasteiger partial charge in [-0.3, -0.25) is 4.79 Å². The Morgan fingerprint density at radius 1 is 1.27 bits per heavy atom. The van der Waals surface area contributed by atoms with Crippen molar-refractivity contribution in [3.63, 3.8) is 0 Å². The van der Waals surface area contributed by atoms with E-state index in [0.717, 1.165) is 0 Å². The molecule has 3 rings (SSSR count).